The molecule has 0 unspecified atom stereocenters. The van der Waals surface area contributed by atoms with Gasteiger partial charge in [-0.25, -0.2) is 15.0 Å². The van der Waals surface area contributed by atoms with Gasteiger partial charge in [-0.3, -0.25) is 5.32 Å². The van der Waals surface area contributed by atoms with E-state index in [9.17, 15) is 0 Å². The fourth-order valence-electron chi connectivity index (χ4n) is 2.57. The second-order valence-corrected chi connectivity index (χ2v) is 6.53. The second kappa shape index (κ2) is 9.65. The zero-order chi connectivity index (χ0) is 20.6. The maximum Gasteiger partial charge on any atom is 0.229 e. The normalized spacial score (nSPS) is 11.1. The predicted octanol–water partition coefficient (Wildman–Crippen LogP) is 3.65. The summed E-state index contributed by atoms with van der Waals surface area (Å²) < 4.78 is 10.7. The van der Waals surface area contributed by atoms with Crippen LogP contribution in [0.25, 0.3) is 0 Å². The first kappa shape index (κ1) is 20.3. The monoisotopic (exact) mass is 410 g/mol. The van der Waals surface area contributed by atoms with Gasteiger partial charge in [-0.15, -0.1) is 0 Å². The van der Waals surface area contributed by atoms with E-state index in [1.54, 1.807) is 13.4 Å². The van der Waals surface area contributed by atoms with Gasteiger partial charge >= 0.3 is 0 Å². The second-order valence-electron chi connectivity index (χ2n) is 6.12. The number of ether oxygens (including phenoxy) is 1. The Kier molecular flexibility index (Phi) is 6.75. The van der Waals surface area contributed by atoms with Crippen molar-refractivity contribution < 1.29 is 9.15 Å². The molecule has 0 aliphatic carbocycles. The first-order valence-corrected chi connectivity index (χ1v) is 9.31. The van der Waals surface area contributed by atoms with Crippen LogP contribution in [0.15, 0.2) is 58.1 Å². The Morgan fingerprint density at radius 3 is 2.55 bits per heavy atom. The molecule has 0 fully saturated rings. The molecule has 0 aliphatic heterocycles. The third kappa shape index (κ3) is 6.01. The number of nitrogens with one attached hydrogen (secondary N) is 3. The van der Waals surface area contributed by atoms with Crippen molar-refractivity contribution >= 4 is 34.9 Å². The largest absolute Gasteiger partial charge is 0.495 e. The van der Waals surface area contributed by atoms with Gasteiger partial charge in [-0.1, -0.05) is 12.1 Å². The number of thiocarbonyl (C=S) groups is 1. The van der Waals surface area contributed by atoms with Crippen molar-refractivity contribution in [2.75, 3.05) is 17.7 Å². The molecule has 0 atom stereocenters. The minimum atomic E-state index is 0.324. The highest BCUT2D eigenvalue weighted by Crippen LogP contribution is 2.22. The van der Waals surface area contributed by atoms with Crippen molar-refractivity contribution in [3.05, 3.63) is 65.9 Å². The van der Waals surface area contributed by atoms with Gasteiger partial charge in [0, 0.05) is 11.4 Å². The number of aliphatic imine (C=N–C) groups is 1. The molecule has 2 heterocycles. The van der Waals surface area contributed by atoms with E-state index in [0.29, 0.717) is 29.3 Å². The number of hydrogen-bond acceptors (Lipinski definition) is 6. The maximum absolute atomic E-state index is 5.44. The highest BCUT2D eigenvalue weighted by Gasteiger charge is 2.09. The number of hydrogen-bond donors (Lipinski definition) is 3. The highest BCUT2D eigenvalue weighted by atomic mass is 32.1. The summed E-state index contributed by atoms with van der Waals surface area (Å²) in [7, 11) is 1.60. The van der Waals surface area contributed by atoms with Gasteiger partial charge in [0.15, 0.2) is 5.11 Å². The summed E-state index contributed by atoms with van der Waals surface area (Å²) in [5.41, 5.74) is 2.43. The van der Waals surface area contributed by atoms with Gasteiger partial charge in [-0.05, 0) is 56.4 Å². The summed E-state index contributed by atoms with van der Waals surface area (Å²) in [5.74, 6) is 2.21. The third-order valence-electron chi connectivity index (χ3n) is 3.77. The van der Waals surface area contributed by atoms with E-state index in [1.165, 1.54) is 0 Å². The summed E-state index contributed by atoms with van der Waals surface area (Å²) in [6.45, 7) is 4.13. The van der Waals surface area contributed by atoms with Crippen LogP contribution in [0.4, 0.5) is 11.6 Å². The lowest BCUT2D eigenvalue weighted by molar-refractivity contribution is 0.417. The van der Waals surface area contributed by atoms with Crippen LogP contribution in [0.2, 0.25) is 0 Å². The fraction of sp³-hybridized carbons (Fsp3) is 0.200. The van der Waals surface area contributed by atoms with Crippen molar-refractivity contribution in [2.45, 2.75) is 20.4 Å². The quantitative estimate of drug-likeness (QED) is 0.333. The fourth-order valence-corrected chi connectivity index (χ4v) is 2.77. The van der Waals surface area contributed by atoms with Crippen LogP contribution in [0.3, 0.4) is 0 Å². The molecule has 0 spiro atoms. The minimum absolute atomic E-state index is 0.324. The number of rotatable bonds is 5. The van der Waals surface area contributed by atoms with Crippen molar-refractivity contribution in [1.82, 2.24) is 15.3 Å². The van der Waals surface area contributed by atoms with E-state index >= 15 is 0 Å². The molecule has 0 aliphatic rings. The van der Waals surface area contributed by atoms with E-state index in [-0.39, 0.29) is 0 Å². The van der Waals surface area contributed by atoms with Gasteiger partial charge in [0.25, 0.3) is 0 Å². The molecule has 0 radical (unpaired) electrons. The number of benzene rings is 1. The Balaban J connectivity index is 1.76. The Hall–Kier alpha value is -3.46. The summed E-state index contributed by atoms with van der Waals surface area (Å²) in [6.07, 6.45) is 1.60. The molecular formula is C20H22N6O2S. The molecule has 0 saturated heterocycles. The molecule has 0 bridgehead atoms. The number of aryl methyl sites for hydroxylation is 2. The van der Waals surface area contributed by atoms with Gasteiger partial charge in [0.1, 0.15) is 18.1 Å². The molecule has 29 heavy (non-hydrogen) atoms. The minimum Gasteiger partial charge on any atom is -0.495 e. The van der Waals surface area contributed by atoms with Gasteiger partial charge in [0.05, 0.1) is 19.1 Å². The van der Waals surface area contributed by atoms with E-state index in [4.69, 9.17) is 21.4 Å². The molecular weight excluding hydrogens is 388 g/mol. The van der Waals surface area contributed by atoms with Crippen LogP contribution < -0.4 is 20.7 Å². The van der Waals surface area contributed by atoms with Crippen molar-refractivity contribution in [1.29, 1.82) is 0 Å². The Bertz CT molecular complexity index is 984. The van der Waals surface area contributed by atoms with Crippen LogP contribution in [0.1, 0.15) is 17.1 Å². The van der Waals surface area contributed by atoms with E-state index < -0.39 is 0 Å². The zero-order valence-electron chi connectivity index (χ0n) is 16.4. The lowest BCUT2D eigenvalue weighted by Crippen LogP contribution is -2.39. The predicted molar refractivity (Wildman–Crippen MR) is 117 cm³/mol. The molecule has 2 aromatic heterocycles. The summed E-state index contributed by atoms with van der Waals surface area (Å²) in [6, 6.07) is 13.0. The number of furan rings is 1. The van der Waals surface area contributed by atoms with Crippen LogP contribution in [0, 0.1) is 13.8 Å². The Morgan fingerprint density at radius 1 is 1.10 bits per heavy atom. The zero-order valence-corrected chi connectivity index (χ0v) is 17.2. The van der Waals surface area contributed by atoms with Crippen molar-refractivity contribution in [3.8, 4) is 5.75 Å². The third-order valence-corrected chi connectivity index (χ3v) is 3.98. The summed E-state index contributed by atoms with van der Waals surface area (Å²) in [5, 5.41) is 9.57. The van der Waals surface area contributed by atoms with Gasteiger partial charge < -0.3 is 19.8 Å². The van der Waals surface area contributed by atoms with Gasteiger partial charge in [-0.2, -0.15) is 0 Å². The molecule has 8 nitrogen and oxygen atoms in total. The molecule has 3 rings (SSSR count). The summed E-state index contributed by atoms with van der Waals surface area (Å²) >= 11 is 5.44. The number of para-hydroxylation sites is 2. The molecule has 3 aromatic rings. The Morgan fingerprint density at radius 2 is 1.86 bits per heavy atom. The van der Waals surface area contributed by atoms with E-state index in [1.807, 2.05) is 56.3 Å². The van der Waals surface area contributed by atoms with E-state index in [2.05, 4.69) is 30.9 Å². The number of guanidine groups is 1. The van der Waals surface area contributed by atoms with Crippen molar-refractivity contribution in [3.63, 3.8) is 0 Å². The van der Waals surface area contributed by atoms with Crippen LogP contribution in [-0.2, 0) is 6.54 Å². The van der Waals surface area contributed by atoms with Crippen LogP contribution in [-0.4, -0.2) is 28.1 Å². The van der Waals surface area contributed by atoms with Crippen LogP contribution in [0.5, 0.6) is 5.75 Å². The average Bonchev–Trinajstić information content (AvgIpc) is 3.19. The van der Waals surface area contributed by atoms with Crippen LogP contribution >= 0.6 is 12.2 Å². The molecule has 3 N–H and O–H groups in total. The molecule has 0 amide bonds. The lowest BCUT2D eigenvalue weighted by Gasteiger charge is -2.15. The molecule has 9 heteroatoms. The molecule has 0 saturated carbocycles. The average molecular weight is 411 g/mol. The lowest BCUT2D eigenvalue weighted by atomic mass is 10.3. The summed E-state index contributed by atoms with van der Waals surface area (Å²) in [4.78, 5) is 13.3. The van der Waals surface area contributed by atoms with E-state index in [0.717, 1.165) is 22.8 Å². The smallest absolute Gasteiger partial charge is 0.229 e. The topological polar surface area (TPSA) is 96.6 Å². The molecule has 1 aromatic carbocycles. The number of methoxy groups -OCH3 is 1. The van der Waals surface area contributed by atoms with Crippen molar-refractivity contribution in [2.24, 2.45) is 4.99 Å². The SMILES string of the molecule is COc1ccccc1NC(=S)NC(=NCc1ccco1)Nc1nc(C)cc(C)n1. The number of nitrogens with zero attached hydrogens (tertiary/aromatic N) is 3. The first-order valence-electron chi connectivity index (χ1n) is 8.90. The standard InChI is InChI=1S/C20H22N6O2S/c1-13-11-14(2)23-19(22-13)25-18(21-12-15-7-6-10-28-15)26-20(29)24-16-8-4-5-9-17(16)27-3/h4-11H,12H2,1-3H3,(H3,21,22,23,24,25,26,29). The Labute approximate surface area is 174 Å². The number of anilines is 2. The number of aromatic nitrogens is 2. The molecule has 150 valence electrons. The first-order chi connectivity index (χ1) is 14.0. The maximum atomic E-state index is 5.44. The van der Waals surface area contributed by atoms with Gasteiger partial charge in [0.2, 0.25) is 11.9 Å². The highest BCUT2D eigenvalue weighted by molar-refractivity contribution is 7.80.